The summed E-state index contributed by atoms with van der Waals surface area (Å²) < 4.78 is 12.3. The van der Waals surface area contributed by atoms with Crippen molar-refractivity contribution in [2.45, 2.75) is 69.7 Å². The first-order chi connectivity index (χ1) is 9.73. The molecule has 1 aromatic rings. The molecule has 2 heterocycles. The van der Waals surface area contributed by atoms with E-state index in [1.54, 1.807) is 0 Å². The van der Waals surface area contributed by atoms with E-state index in [1.165, 1.54) is 37.7 Å². The standard InChI is InChI=1S/C18H26O2/c1-18(11-6-12-19-18)14-17-10-5-9-16(20-17)13-15-7-3-2-4-8-15/h2-4,7-8,16-17H,5-6,9-14H2,1H3. The highest BCUT2D eigenvalue weighted by Gasteiger charge is 2.35. The second-order valence-corrected chi connectivity index (χ2v) is 6.61. The van der Waals surface area contributed by atoms with Gasteiger partial charge in [0.25, 0.3) is 0 Å². The maximum absolute atomic E-state index is 6.34. The van der Waals surface area contributed by atoms with Crippen molar-refractivity contribution in [2.75, 3.05) is 6.61 Å². The molecule has 3 rings (SSSR count). The fourth-order valence-electron chi connectivity index (χ4n) is 3.64. The summed E-state index contributed by atoms with van der Waals surface area (Å²) in [5.74, 6) is 0. The average Bonchev–Trinajstić information content (AvgIpc) is 2.87. The van der Waals surface area contributed by atoms with E-state index in [0.29, 0.717) is 12.2 Å². The molecule has 0 amide bonds. The van der Waals surface area contributed by atoms with Gasteiger partial charge in [-0.3, -0.25) is 0 Å². The molecule has 110 valence electrons. The molecule has 2 aliphatic heterocycles. The molecule has 0 radical (unpaired) electrons. The monoisotopic (exact) mass is 274 g/mol. The minimum absolute atomic E-state index is 0.0688. The van der Waals surface area contributed by atoms with E-state index in [-0.39, 0.29) is 5.60 Å². The first-order valence-electron chi connectivity index (χ1n) is 8.07. The SMILES string of the molecule is CC1(CC2CCCC(Cc3ccccc3)O2)CCCO1. The van der Waals surface area contributed by atoms with Gasteiger partial charge in [-0.25, -0.2) is 0 Å². The van der Waals surface area contributed by atoms with Crippen LogP contribution in [0.15, 0.2) is 30.3 Å². The van der Waals surface area contributed by atoms with E-state index in [9.17, 15) is 0 Å². The van der Waals surface area contributed by atoms with Crippen LogP contribution >= 0.6 is 0 Å². The molecule has 2 fully saturated rings. The molecule has 2 aliphatic rings. The molecule has 0 spiro atoms. The molecular weight excluding hydrogens is 248 g/mol. The Labute approximate surface area is 122 Å². The Morgan fingerprint density at radius 1 is 1.10 bits per heavy atom. The number of ether oxygens (including phenoxy) is 2. The summed E-state index contributed by atoms with van der Waals surface area (Å²) in [4.78, 5) is 0. The van der Waals surface area contributed by atoms with Crippen LogP contribution in [0, 0.1) is 0 Å². The fourth-order valence-corrected chi connectivity index (χ4v) is 3.64. The molecule has 2 heteroatoms. The third kappa shape index (κ3) is 3.62. The zero-order valence-corrected chi connectivity index (χ0v) is 12.5. The predicted molar refractivity (Wildman–Crippen MR) is 80.9 cm³/mol. The quantitative estimate of drug-likeness (QED) is 0.822. The van der Waals surface area contributed by atoms with Crippen molar-refractivity contribution in [3.63, 3.8) is 0 Å². The van der Waals surface area contributed by atoms with Crippen LogP contribution in [0.3, 0.4) is 0 Å². The Balaban J connectivity index is 1.54. The van der Waals surface area contributed by atoms with Crippen LogP contribution in [0.5, 0.6) is 0 Å². The maximum Gasteiger partial charge on any atom is 0.0680 e. The van der Waals surface area contributed by atoms with Crippen molar-refractivity contribution >= 4 is 0 Å². The third-order valence-electron chi connectivity index (χ3n) is 4.70. The lowest BCUT2D eigenvalue weighted by Gasteiger charge is -2.35. The van der Waals surface area contributed by atoms with Gasteiger partial charge in [0.05, 0.1) is 17.8 Å². The van der Waals surface area contributed by atoms with E-state index in [2.05, 4.69) is 37.3 Å². The lowest BCUT2D eigenvalue weighted by Crippen LogP contribution is -2.36. The van der Waals surface area contributed by atoms with E-state index in [0.717, 1.165) is 19.4 Å². The minimum Gasteiger partial charge on any atom is -0.375 e. The van der Waals surface area contributed by atoms with Crippen molar-refractivity contribution in [1.82, 2.24) is 0 Å². The summed E-state index contributed by atoms with van der Waals surface area (Å²) >= 11 is 0. The van der Waals surface area contributed by atoms with Crippen molar-refractivity contribution < 1.29 is 9.47 Å². The van der Waals surface area contributed by atoms with Gasteiger partial charge >= 0.3 is 0 Å². The van der Waals surface area contributed by atoms with E-state index < -0.39 is 0 Å². The van der Waals surface area contributed by atoms with Gasteiger partial charge in [-0.05, 0) is 51.0 Å². The van der Waals surface area contributed by atoms with Gasteiger partial charge in [0.15, 0.2) is 0 Å². The summed E-state index contributed by atoms with van der Waals surface area (Å²) in [6.45, 7) is 3.18. The minimum atomic E-state index is 0.0688. The van der Waals surface area contributed by atoms with Crippen LogP contribution in [-0.2, 0) is 15.9 Å². The van der Waals surface area contributed by atoms with Crippen LogP contribution in [-0.4, -0.2) is 24.4 Å². The molecule has 0 aliphatic carbocycles. The van der Waals surface area contributed by atoms with Gasteiger partial charge in [-0.2, -0.15) is 0 Å². The maximum atomic E-state index is 6.34. The highest BCUT2D eigenvalue weighted by atomic mass is 16.5. The van der Waals surface area contributed by atoms with Gasteiger partial charge in [-0.15, -0.1) is 0 Å². The molecule has 0 saturated carbocycles. The van der Waals surface area contributed by atoms with Crippen LogP contribution in [0.1, 0.15) is 51.0 Å². The largest absolute Gasteiger partial charge is 0.375 e. The Kier molecular flexibility index (Phi) is 4.42. The van der Waals surface area contributed by atoms with Crippen molar-refractivity contribution in [3.8, 4) is 0 Å². The Bertz CT molecular complexity index is 409. The zero-order valence-electron chi connectivity index (χ0n) is 12.5. The summed E-state index contributed by atoms with van der Waals surface area (Å²) in [6.07, 6.45) is 8.98. The second-order valence-electron chi connectivity index (χ2n) is 6.61. The summed E-state index contributed by atoms with van der Waals surface area (Å²) in [6, 6.07) is 10.7. The van der Waals surface area contributed by atoms with Crippen molar-refractivity contribution in [3.05, 3.63) is 35.9 Å². The third-order valence-corrected chi connectivity index (χ3v) is 4.70. The molecular formula is C18H26O2. The fraction of sp³-hybridized carbons (Fsp3) is 0.667. The molecule has 3 atom stereocenters. The molecule has 20 heavy (non-hydrogen) atoms. The summed E-state index contributed by atoms with van der Waals surface area (Å²) in [5, 5.41) is 0. The Morgan fingerprint density at radius 2 is 1.90 bits per heavy atom. The Hall–Kier alpha value is -0.860. The lowest BCUT2D eigenvalue weighted by molar-refractivity contribution is -0.0930. The van der Waals surface area contributed by atoms with Crippen LogP contribution < -0.4 is 0 Å². The number of rotatable bonds is 4. The smallest absolute Gasteiger partial charge is 0.0680 e. The highest BCUT2D eigenvalue weighted by Crippen LogP contribution is 2.34. The summed E-state index contributed by atoms with van der Waals surface area (Å²) in [5.41, 5.74) is 1.46. The summed E-state index contributed by atoms with van der Waals surface area (Å²) in [7, 11) is 0. The molecule has 0 aromatic heterocycles. The van der Waals surface area contributed by atoms with E-state index in [4.69, 9.17) is 9.47 Å². The number of hydrogen-bond acceptors (Lipinski definition) is 2. The van der Waals surface area contributed by atoms with Crippen LogP contribution in [0.2, 0.25) is 0 Å². The second kappa shape index (κ2) is 6.28. The zero-order chi connectivity index (χ0) is 13.8. The molecule has 2 nitrogen and oxygen atoms in total. The molecule has 1 aromatic carbocycles. The molecule has 0 N–H and O–H groups in total. The Morgan fingerprint density at radius 3 is 2.65 bits per heavy atom. The molecule has 0 bridgehead atoms. The van der Waals surface area contributed by atoms with Crippen LogP contribution in [0.25, 0.3) is 0 Å². The first kappa shape index (κ1) is 14.1. The lowest BCUT2D eigenvalue weighted by atomic mass is 9.90. The van der Waals surface area contributed by atoms with E-state index in [1.807, 2.05) is 0 Å². The van der Waals surface area contributed by atoms with Crippen LogP contribution in [0.4, 0.5) is 0 Å². The van der Waals surface area contributed by atoms with Crippen molar-refractivity contribution in [1.29, 1.82) is 0 Å². The predicted octanol–water partition coefficient (Wildman–Crippen LogP) is 4.13. The van der Waals surface area contributed by atoms with Crippen molar-refractivity contribution in [2.24, 2.45) is 0 Å². The van der Waals surface area contributed by atoms with Gasteiger partial charge in [0.2, 0.25) is 0 Å². The molecule has 3 unspecified atom stereocenters. The van der Waals surface area contributed by atoms with Gasteiger partial charge in [-0.1, -0.05) is 30.3 Å². The first-order valence-corrected chi connectivity index (χ1v) is 8.07. The number of hydrogen-bond donors (Lipinski definition) is 0. The number of benzene rings is 1. The molecule has 2 saturated heterocycles. The van der Waals surface area contributed by atoms with Gasteiger partial charge in [0, 0.05) is 13.0 Å². The van der Waals surface area contributed by atoms with Gasteiger partial charge in [0.1, 0.15) is 0 Å². The normalized spacial score (nSPS) is 34.2. The average molecular weight is 274 g/mol. The van der Waals surface area contributed by atoms with E-state index >= 15 is 0 Å². The van der Waals surface area contributed by atoms with Gasteiger partial charge < -0.3 is 9.47 Å². The topological polar surface area (TPSA) is 18.5 Å². The highest BCUT2D eigenvalue weighted by molar-refractivity contribution is 5.15.